The van der Waals surface area contributed by atoms with E-state index in [0.29, 0.717) is 5.69 Å². The molecule has 1 aromatic carbocycles. The maximum Gasteiger partial charge on any atom is 0.327 e. The molecular weight excluding hydrogens is 296 g/mol. The molecule has 1 aliphatic heterocycles. The summed E-state index contributed by atoms with van der Waals surface area (Å²) < 4.78 is 4.98. The molecule has 1 aliphatic rings. The van der Waals surface area contributed by atoms with Gasteiger partial charge in [0.25, 0.3) is 0 Å². The highest BCUT2D eigenvalue weighted by Crippen LogP contribution is 2.41. The van der Waals surface area contributed by atoms with Crippen LogP contribution in [0.15, 0.2) is 30.3 Å². The molecule has 0 aliphatic carbocycles. The number of carbonyl (C=O) groups excluding carboxylic acids is 3. The van der Waals surface area contributed by atoms with Gasteiger partial charge in [-0.05, 0) is 25.5 Å². The molecule has 2 amide bonds. The Kier molecular flexibility index (Phi) is 4.80. The Morgan fingerprint density at radius 3 is 2.52 bits per heavy atom. The molecule has 120 valence electrons. The van der Waals surface area contributed by atoms with Crippen molar-refractivity contribution in [3.05, 3.63) is 30.3 Å². The first-order valence-corrected chi connectivity index (χ1v) is 7.52. The van der Waals surface area contributed by atoms with Gasteiger partial charge in [0.15, 0.2) is 5.41 Å². The molecular formula is C17H18N2O4. The molecule has 0 saturated carbocycles. The lowest BCUT2D eigenvalue weighted by atomic mass is 9.73. The molecule has 0 N–H and O–H groups in total. The van der Waals surface area contributed by atoms with Crippen LogP contribution >= 0.6 is 0 Å². The molecule has 1 heterocycles. The van der Waals surface area contributed by atoms with E-state index in [0.717, 1.165) is 4.90 Å². The van der Waals surface area contributed by atoms with Gasteiger partial charge in [-0.3, -0.25) is 19.3 Å². The summed E-state index contributed by atoms with van der Waals surface area (Å²) in [5, 5.41) is 9.56. The standard InChI is InChI=1S/C17H18N2O4/c1-3-17(11-18,16(22)23-4-2)13-10-14(20)19(15(13)21)12-8-6-5-7-9-12/h5-9,13H,3-4,10H2,1-2H3/t13-,17+/m1/s1. The second-order valence-corrected chi connectivity index (χ2v) is 5.32. The molecule has 6 heteroatoms. The maximum atomic E-state index is 12.7. The van der Waals surface area contributed by atoms with Gasteiger partial charge in [-0.15, -0.1) is 0 Å². The van der Waals surface area contributed by atoms with Gasteiger partial charge in [-0.1, -0.05) is 25.1 Å². The number of esters is 1. The molecule has 0 bridgehead atoms. The van der Waals surface area contributed by atoms with Crippen LogP contribution in [0.25, 0.3) is 0 Å². The Bertz CT molecular complexity index is 665. The van der Waals surface area contributed by atoms with E-state index in [2.05, 4.69) is 0 Å². The zero-order valence-corrected chi connectivity index (χ0v) is 13.1. The number of anilines is 1. The fourth-order valence-electron chi connectivity index (χ4n) is 2.86. The van der Waals surface area contributed by atoms with Gasteiger partial charge in [0.05, 0.1) is 24.3 Å². The van der Waals surface area contributed by atoms with Crippen LogP contribution in [0.4, 0.5) is 5.69 Å². The predicted molar refractivity (Wildman–Crippen MR) is 82.0 cm³/mol. The second kappa shape index (κ2) is 6.61. The SMILES string of the molecule is CCOC(=O)[C@](C#N)(CC)[C@@H]1CC(=O)N(c2ccccc2)C1=O. The molecule has 2 rings (SSSR count). The molecule has 1 saturated heterocycles. The summed E-state index contributed by atoms with van der Waals surface area (Å²) in [6, 6.07) is 10.4. The van der Waals surface area contributed by atoms with Crippen molar-refractivity contribution in [3.8, 4) is 6.07 Å². The minimum absolute atomic E-state index is 0.106. The third-order valence-electron chi connectivity index (χ3n) is 4.15. The molecule has 6 nitrogen and oxygen atoms in total. The fraction of sp³-hybridized carbons (Fsp3) is 0.412. The van der Waals surface area contributed by atoms with Crippen LogP contribution in [0.2, 0.25) is 0 Å². The Hall–Kier alpha value is -2.68. The zero-order chi connectivity index (χ0) is 17.0. The van der Waals surface area contributed by atoms with E-state index in [9.17, 15) is 19.6 Å². The predicted octanol–water partition coefficient (Wildman–Crippen LogP) is 2.05. The van der Waals surface area contributed by atoms with E-state index in [1.807, 2.05) is 6.07 Å². The molecule has 1 fully saturated rings. The van der Waals surface area contributed by atoms with E-state index in [4.69, 9.17) is 4.74 Å². The van der Waals surface area contributed by atoms with Crippen LogP contribution in [0.1, 0.15) is 26.7 Å². The van der Waals surface area contributed by atoms with Gasteiger partial charge < -0.3 is 4.74 Å². The first-order valence-electron chi connectivity index (χ1n) is 7.52. The van der Waals surface area contributed by atoms with Crippen LogP contribution in [0, 0.1) is 22.7 Å². The summed E-state index contributed by atoms with van der Waals surface area (Å²) in [4.78, 5) is 38.4. The normalized spacial score (nSPS) is 20.0. The van der Waals surface area contributed by atoms with Gasteiger partial charge in [0.1, 0.15) is 0 Å². The molecule has 0 spiro atoms. The fourth-order valence-corrected chi connectivity index (χ4v) is 2.86. The smallest absolute Gasteiger partial charge is 0.327 e. The number of hydrogen-bond donors (Lipinski definition) is 0. The van der Waals surface area contributed by atoms with E-state index in [1.165, 1.54) is 0 Å². The van der Waals surface area contributed by atoms with Crippen molar-refractivity contribution < 1.29 is 19.1 Å². The van der Waals surface area contributed by atoms with E-state index >= 15 is 0 Å². The van der Waals surface area contributed by atoms with E-state index < -0.39 is 29.1 Å². The van der Waals surface area contributed by atoms with Crippen LogP contribution in [0.3, 0.4) is 0 Å². The average Bonchev–Trinajstić information content (AvgIpc) is 2.86. The van der Waals surface area contributed by atoms with Gasteiger partial charge in [-0.25, -0.2) is 0 Å². The number of para-hydroxylation sites is 1. The first kappa shape index (κ1) is 16.7. The van der Waals surface area contributed by atoms with Crippen LogP contribution in [0.5, 0.6) is 0 Å². The number of hydrogen-bond acceptors (Lipinski definition) is 5. The van der Waals surface area contributed by atoms with E-state index in [1.54, 1.807) is 44.2 Å². The molecule has 1 aromatic rings. The van der Waals surface area contributed by atoms with Gasteiger partial charge in [0.2, 0.25) is 11.8 Å². The van der Waals surface area contributed by atoms with Crippen molar-refractivity contribution in [1.29, 1.82) is 5.26 Å². The molecule has 2 atom stereocenters. The topological polar surface area (TPSA) is 87.5 Å². The summed E-state index contributed by atoms with van der Waals surface area (Å²) in [6.45, 7) is 3.39. The van der Waals surface area contributed by atoms with Crippen LogP contribution < -0.4 is 4.90 Å². The Balaban J connectivity index is 2.41. The number of rotatable bonds is 5. The molecule has 23 heavy (non-hydrogen) atoms. The number of carbonyl (C=O) groups is 3. The van der Waals surface area contributed by atoms with Crippen molar-refractivity contribution in [2.24, 2.45) is 11.3 Å². The minimum Gasteiger partial charge on any atom is -0.465 e. The summed E-state index contributed by atoms with van der Waals surface area (Å²) in [6.07, 6.45) is -0.0669. The lowest BCUT2D eigenvalue weighted by Gasteiger charge is -2.27. The summed E-state index contributed by atoms with van der Waals surface area (Å²) in [5.41, 5.74) is -1.19. The Morgan fingerprint density at radius 1 is 1.35 bits per heavy atom. The van der Waals surface area contributed by atoms with Crippen molar-refractivity contribution >= 4 is 23.5 Å². The van der Waals surface area contributed by atoms with Gasteiger partial charge in [0, 0.05) is 6.42 Å². The molecule has 0 radical (unpaired) electrons. The quantitative estimate of drug-likeness (QED) is 0.613. The zero-order valence-electron chi connectivity index (χ0n) is 13.1. The number of ether oxygens (including phenoxy) is 1. The number of imide groups is 1. The summed E-state index contributed by atoms with van der Waals surface area (Å²) in [5.74, 6) is -2.71. The van der Waals surface area contributed by atoms with Crippen LogP contribution in [-0.2, 0) is 19.1 Å². The van der Waals surface area contributed by atoms with Crippen molar-refractivity contribution in [1.82, 2.24) is 0 Å². The average molecular weight is 314 g/mol. The second-order valence-electron chi connectivity index (χ2n) is 5.32. The third-order valence-corrected chi connectivity index (χ3v) is 4.15. The third kappa shape index (κ3) is 2.70. The highest BCUT2D eigenvalue weighted by atomic mass is 16.5. The first-order chi connectivity index (χ1) is 11.0. The largest absolute Gasteiger partial charge is 0.465 e. The summed E-state index contributed by atoms with van der Waals surface area (Å²) >= 11 is 0. The number of benzene rings is 1. The lowest BCUT2D eigenvalue weighted by molar-refractivity contribution is -0.157. The van der Waals surface area contributed by atoms with E-state index in [-0.39, 0.29) is 19.4 Å². The summed E-state index contributed by atoms with van der Waals surface area (Å²) in [7, 11) is 0. The van der Waals surface area contributed by atoms with Crippen molar-refractivity contribution in [3.63, 3.8) is 0 Å². The molecule has 0 unspecified atom stereocenters. The lowest BCUT2D eigenvalue weighted by Crippen LogP contribution is -2.43. The van der Waals surface area contributed by atoms with Gasteiger partial charge >= 0.3 is 5.97 Å². The van der Waals surface area contributed by atoms with Gasteiger partial charge in [-0.2, -0.15) is 5.26 Å². The number of amides is 2. The number of nitriles is 1. The maximum absolute atomic E-state index is 12.7. The monoisotopic (exact) mass is 314 g/mol. The van der Waals surface area contributed by atoms with Crippen molar-refractivity contribution in [2.75, 3.05) is 11.5 Å². The highest BCUT2D eigenvalue weighted by Gasteiger charge is 2.56. The highest BCUT2D eigenvalue weighted by molar-refractivity contribution is 6.22. The number of nitrogens with zero attached hydrogens (tertiary/aromatic N) is 2. The Morgan fingerprint density at radius 2 is 2.00 bits per heavy atom. The Labute approximate surface area is 134 Å². The van der Waals surface area contributed by atoms with Crippen molar-refractivity contribution in [2.45, 2.75) is 26.7 Å². The van der Waals surface area contributed by atoms with Crippen LogP contribution in [-0.4, -0.2) is 24.4 Å². The minimum atomic E-state index is -1.63. The molecule has 0 aromatic heterocycles.